The quantitative estimate of drug-likeness (QED) is 0.415. The van der Waals surface area contributed by atoms with Crippen LogP contribution in [0.15, 0.2) is 30.3 Å². The predicted octanol–water partition coefficient (Wildman–Crippen LogP) is 2.80. The Kier molecular flexibility index (Phi) is 3.73. The lowest BCUT2D eigenvalue weighted by Gasteiger charge is -2.14. The highest BCUT2D eigenvalue weighted by Crippen LogP contribution is 2.33. The standard InChI is InChI=1S/C14H19NO/c1-12(13-7-3-2-4-8-13)15-11-14(15)9-5-6-10-16/h2-4,7-8,10,12,14H,5-6,9,11H2,1H3/t12-,14-,15?/m1/s1. The summed E-state index contributed by atoms with van der Waals surface area (Å²) in [6, 6.07) is 11.8. The van der Waals surface area contributed by atoms with Crippen molar-refractivity contribution in [2.24, 2.45) is 0 Å². The van der Waals surface area contributed by atoms with Gasteiger partial charge in [0.05, 0.1) is 0 Å². The number of unbranched alkanes of at least 4 members (excludes halogenated alkanes) is 1. The summed E-state index contributed by atoms with van der Waals surface area (Å²) >= 11 is 0. The van der Waals surface area contributed by atoms with Gasteiger partial charge >= 0.3 is 0 Å². The van der Waals surface area contributed by atoms with Gasteiger partial charge in [0.2, 0.25) is 0 Å². The molecular formula is C14H19NO. The number of rotatable bonds is 6. The zero-order chi connectivity index (χ0) is 11.4. The summed E-state index contributed by atoms with van der Waals surface area (Å²) in [6.45, 7) is 3.45. The highest BCUT2D eigenvalue weighted by atomic mass is 16.1. The smallest absolute Gasteiger partial charge is 0.119 e. The second-order valence-electron chi connectivity index (χ2n) is 4.53. The average Bonchev–Trinajstić information content (AvgIpc) is 3.09. The fourth-order valence-corrected chi connectivity index (χ4v) is 2.29. The van der Waals surface area contributed by atoms with Gasteiger partial charge < -0.3 is 4.79 Å². The number of hydrogen-bond acceptors (Lipinski definition) is 2. The Morgan fingerprint density at radius 1 is 1.44 bits per heavy atom. The molecule has 0 bridgehead atoms. The monoisotopic (exact) mass is 217 g/mol. The number of carbonyl (C=O) groups is 1. The number of carbonyl (C=O) groups excluding carboxylic acids is 1. The molecule has 0 saturated carbocycles. The van der Waals surface area contributed by atoms with E-state index in [2.05, 4.69) is 42.2 Å². The third-order valence-electron chi connectivity index (χ3n) is 3.40. The van der Waals surface area contributed by atoms with Gasteiger partial charge in [-0.2, -0.15) is 0 Å². The molecule has 2 rings (SSSR count). The van der Waals surface area contributed by atoms with E-state index >= 15 is 0 Å². The molecular weight excluding hydrogens is 198 g/mol. The van der Waals surface area contributed by atoms with Crippen molar-refractivity contribution >= 4 is 6.29 Å². The number of hydrogen-bond donors (Lipinski definition) is 0. The van der Waals surface area contributed by atoms with Crippen LogP contribution in [0.5, 0.6) is 0 Å². The molecule has 1 aliphatic heterocycles. The van der Waals surface area contributed by atoms with Gasteiger partial charge in [-0.25, -0.2) is 0 Å². The first kappa shape index (κ1) is 11.3. The first-order valence-electron chi connectivity index (χ1n) is 6.07. The Morgan fingerprint density at radius 3 is 2.88 bits per heavy atom. The lowest BCUT2D eigenvalue weighted by Crippen LogP contribution is -2.08. The maximum atomic E-state index is 10.2. The highest BCUT2D eigenvalue weighted by molar-refractivity contribution is 5.49. The summed E-state index contributed by atoms with van der Waals surface area (Å²) in [5.41, 5.74) is 1.39. The van der Waals surface area contributed by atoms with Gasteiger partial charge in [-0.15, -0.1) is 0 Å². The van der Waals surface area contributed by atoms with Crippen LogP contribution in [0.2, 0.25) is 0 Å². The molecule has 2 nitrogen and oxygen atoms in total. The summed E-state index contributed by atoms with van der Waals surface area (Å²) in [6.07, 6.45) is 3.93. The molecule has 3 atom stereocenters. The molecule has 0 amide bonds. The van der Waals surface area contributed by atoms with Crippen molar-refractivity contribution in [3.05, 3.63) is 35.9 Å². The third kappa shape index (κ3) is 2.70. The Labute approximate surface area is 97.3 Å². The van der Waals surface area contributed by atoms with E-state index in [1.54, 1.807) is 0 Å². The molecule has 1 saturated heterocycles. The topological polar surface area (TPSA) is 20.1 Å². The summed E-state index contributed by atoms with van der Waals surface area (Å²) in [5, 5.41) is 0. The van der Waals surface area contributed by atoms with E-state index in [0.29, 0.717) is 18.5 Å². The number of nitrogens with zero attached hydrogens (tertiary/aromatic N) is 1. The molecule has 1 aromatic carbocycles. The first-order valence-corrected chi connectivity index (χ1v) is 6.07. The third-order valence-corrected chi connectivity index (χ3v) is 3.40. The van der Waals surface area contributed by atoms with Crippen molar-refractivity contribution in [2.45, 2.75) is 38.3 Å². The second kappa shape index (κ2) is 5.26. The van der Waals surface area contributed by atoms with Crippen molar-refractivity contribution in [3.8, 4) is 0 Å². The molecule has 1 aliphatic rings. The van der Waals surface area contributed by atoms with E-state index in [-0.39, 0.29) is 0 Å². The second-order valence-corrected chi connectivity index (χ2v) is 4.53. The van der Waals surface area contributed by atoms with Crippen LogP contribution in [0.1, 0.15) is 37.8 Å². The minimum absolute atomic E-state index is 0.516. The first-order chi connectivity index (χ1) is 7.83. The van der Waals surface area contributed by atoms with Crippen LogP contribution >= 0.6 is 0 Å². The summed E-state index contributed by atoms with van der Waals surface area (Å²) in [7, 11) is 0. The van der Waals surface area contributed by atoms with Crippen LogP contribution in [0.25, 0.3) is 0 Å². The molecule has 0 aliphatic carbocycles. The van der Waals surface area contributed by atoms with Gasteiger partial charge in [0.15, 0.2) is 0 Å². The molecule has 86 valence electrons. The van der Waals surface area contributed by atoms with E-state index in [0.717, 1.165) is 19.1 Å². The Bertz CT molecular complexity index is 336. The molecule has 1 unspecified atom stereocenters. The fraction of sp³-hybridized carbons (Fsp3) is 0.500. The minimum Gasteiger partial charge on any atom is -0.303 e. The SMILES string of the molecule is C[C@H](c1ccccc1)N1C[C@H]1CCCC=O. The van der Waals surface area contributed by atoms with Gasteiger partial charge in [-0.05, 0) is 25.3 Å². The zero-order valence-corrected chi connectivity index (χ0v) is 9.80. The van der Waals surface area contributed by atoms with Crippen LogP contribution in [0.4, 0.5) is 0 Å². The molecule has 0 aromatic heterocycles. The van der Waals surface area contributed by atoms with E-state index < -0.39 is 0 Å². The fourth-order valence-electron chi connectivity index (χ4n) is 2.29. The van der Waals surface area contributed by atoms with Gasteiger partial charge in [-0.3, -0.25) is 4.90 Å². The molecule has 2 heteroatoms. The lowest BCUT2D eigenvalue weighted by molar-refractivity contribution is -0.107. The maximum Gasteiger partial charge on any atom is 0.119 e. The van der Waals surface area contributed by atoms with Gasteiger partial charge in [0, 0.05) is 25.0 Å². The van der Waals surface area contributed by atoms with Gasteiger partial charge in [0.25, 0.3) is 0 Å². The molecule has 16 heavy (non-hydrogen) atoms. The molecule has 0 N–H and O–H groups in total. The van der Waals surface area contributed by atoms with Crippen molar-refractivity contribution in [1.82, 2.24) is 4.90 Å². The van der Waals surface area contributed by atoms with Crippen LogP contribution in [-0.2, 0) is 4.79 Å². The van der Waals surface area contributed by atoms with Gasteiger partial charge in [0.1, 0.15) is 6.29 Å². The Hall–Kier alpha value is -1.15. The van der Waals surface area contributed by atoms with Crippen molar-refractivity contribution < 1.29 is 4.79 Å². The van der Waals surface area contributed by atoms with Crippen molar-refractivity contribution in [3.63, 3.8) is 0 Å². The molecule has 1 fully saturated rings. The number of benzene rings is 1. The maximum absolute atomic E-state index is 10.2. The summed E-state index contributed by atoms with van der Waals surface area (Å²) < 4.78 is 0. The van der Waals surface area contributed by atoms with Crippen LogP contribution in [0.3, 0.4) is 0 Å². The molecule has 0 spiro atoms. The van der Waals surface area contributed by atoms with E-state index in [1.807, 2.05) is 0 Å². The Balaban J connectivity index is 1.80. The van der Waals surface area contributed by atoms with E-state index in [9.17, 15) is 4.79 Å². The minimum atomic E-state index is 0.516. The normalized spacial score (nSPS) is 25.1. The van der Waals surface area contributed by atoms with Crippen LogP contribution in [-0.4, -0.2) is 23.8 Å². The van der Waals surface area contributed by atoms with Gasteiger partial charge in [-0.1, -0.05) is 30.3 Å². The molecule has 1 heterocycles. The van der Waals surface area contributed by atoms with Crippen LogP contribution < -0.4 is 0 Å². The Morgan fingerprint density at radius 2 is 2.19 bits per heavy atom. The highest BCUT2D eigenvalue weighted by Gasteiger charge is 2.37. The summed E-state index contributed by atoms with van der Waals surface area (Å²) in [4.78, 5) is 12.7. The van der Waals surface area contributed by atoms with E-state index in [4.69, 9.17) is 0 Å². The largest absolute Gasteiger partial charge is 0.303 e. The lowest BCUT2D eigenvalue weighted by atomic mass is 10.1. The van der Waals surface area contributed by atoms with Crippen molar-refractivity contribution in [1.29, 1.82) is 0 Å². The number of aldehydes is 1. The summed E-state index contributed by atoms with van der Waals surface area (Å²) in [5.74, 6) is 0. The average molecular weight is 217 g/mol. The zero-order valence-electron chi connectivity index (χ0n) is 9.80. The van der Waals surface area contributed by atoms with Crippen molar-refractivity contribution in [2.75, 3.05) is 6.54 Å². The molecule has 0 radical (unpaired) electrons. The molecule has 1 aromatic rings. The van der Waals surface area contributed by atoms with Crippen LogP contribution in [0, 0.1) is 0 Å². The van der Waals surface area contributed by atoms with E-state index in [1.165, 1.54) is 12.1 Å². The predicted molar refractivity (Wildman–Crippen MR) is 65.3 cm³/mol.